The number of benzene rings is 2. The minimum absolute atomic E-state index is 0.206. The maximum Gasteiger partial charge on any atom is 0.275 e. The van der Waals surface area contributed by atoms with Crippen molar-refractivity contribution in [3.8, 4) is 5.75 Å². The van der Waals surface area contributed by atoms with Crippen LogP contribution in [0.4, 0.5) is 17.2 Å². The molecule has 0 spiro atoms. The highest BCUT2D eigenvalue weighted by atomic mass is 35.5. The molecule has 0 aliphatic carbocycles. The van der Waals surface area contributed by atoms with Gasteiger partial charge < -0.3 is 15.4 Å². The number of nitrogens with zero attached hydrogens (tertiary/aromatic N) is 2. The molecule has 1 aromatic heterocycles. The second-order valence-electron chi connectivity index (χ2n) is 5.56. The van der Waals surface area contributed by atoms with E-state index in [0.29, 0.717) is 16.5 Å². The summed E-state index contributed by atoms with van der Waals surface area (Å²) >= 11 is 6.07. The van der Waals surface area contributed by atoms with E-state index in [0.717, 1.165) is 17.0 Å². The summed E-state index contributed by atoms with van der Waals surface area (Å²) in [5.41, 5.74) is 2.56. The molecule has 132 valence electrons. The lowest BCUT2D eigenvalue weighted by atomic mass is 10.2. The molecule has 0 aliphatic heterocycles. The molecule has 0 fully saturated rings. The number of halogens is 1. The highest BCUT2D eigenvalue weighted by Crippen LogP contribution is 2.21. The third kappa shape index (κ3) is 4.29. The molecule has 26 heavy (non-hydrogen) atoms. The number of carbonyl (C=O) groups is 1. The molecule has 0 atom stereocenters. The fraction of sp³-hybridized carbons (Fsp3) is 0.105. The molecule has 2 aromatic carbocycles. The van der Waals surface area contributed by atoms with Crippen molar-refractivity contribution in [3.05, 3.63) is 71.1 Å². The number of methoxy groups -OCH3 is 1. The quantitative estimate of drug-likeness (QED) is 0.696. The zero-order valence-corrected chi connectivity index (χ0v) is 15.0. The number of aryl methyl sites for hydroxylation is 1. The standard InChI is InChI=1S/C19H17ClN4O2/c1-12-6-7-14(9-16(12)20)24-19(25)17-10-22-18(11-21-17)23-13-4-3-5-15(8-13)26-2/h3-11H,1-2H3,(H,22,23)(H,24,25). The SMILES string of the molecule is COc1cccc(Nc2cnc(C(=O)Nc3ccc(C)c(Cl)c3)cn2)c1. The Balaban J connectivity index is 1.68. The van der Waals surface area contributed by atoms with Crippen molar-refractivity contribution >= 4 is 34.7 Å². The number of carbonyl (C=O) groups excluding carboxylic acids is 1. The van der Waals surface area contributed by atoms with E-state index in [9.17, 15) is 4.79 Å². The molecule has 3 rings (SSSR count). The highest BCUT2D eigenvalue weighted by molar-refractivity contribution is 6.31. The van der Waals surface area contributed by atoms with Gasteiger partial charge in [0, 0.05) is 22.5 Å². The number of nitrogens with one attached hydrogen (secondary N) is 2. The number of anilines is 3. The van der Waals surface area contributed by atoms with Crippen LogP contribution in [0.15, 0.2) is 54.9 Å². The number of aromatic nitrogens is 2. The van der Waals surface area contributed by atoms with Gasteiger partial charge in [-0.05, 0) is 36.8 Å². The van der Waals surface area contributed by atoms with Gasteiger partial charge in [-0.2, -0.15) is 0 Å². The molecule has 0 saturated carbocycles. The molecule has 6 nitrogen and oxygen atoms in total. The predicted octanol–water partition coefficient (Wildman–Crippen LogP) is 4.44. The summed E-state index contributed by atoms with van der Waals surface area (Å²) in [6.07, 6.45) is 2.91. The second kappa shape index (κ2) is 7.84. The Hall–Kier alpha value is -3.12. The summed E-state index contributed by atoms with van der Waals surface area (Å²) in [6.45, 7) is 1.90. The third-order valence-corrected chi connectivity index (χ3v) is 4.06. The molecule has 0 aliphatic rings. The average Bonchev–Trinajstić information content (AvgIpc) is 2.65. The molecular formula is C19H17ClN4O2. The minimum atomic E-state index is -0.356. The van der Waals surface area contributed by atoms with Gasteiger partial charge in [-0.3, -0.25) is 4.79 Å². The van der Waals surface area contributed by atoms with Crippen LogP contribution >= 0.6 is 11.6 Å². The molecule has 0 bridgehead atoms. The van der Waals surface area contributed by atoms with Crippen LogP contribution in [0.2, 0.25) is 5.02 Å². The van der Waals surface area contributed by atoms with Crippen molar-refractivity contribution in [2.75, 3.05) is 17.7 Å². The number of amides is 1. The van der Waals surface area contributed by atoms with E-state index < -0.39 is 0 Å². The maximum absolute atomic E-state index is 12.3. The summed E-state index contributed by atoms with van der Waals surface area (Å²) in [5.74, 6) is 0.897. The molecule has 0 saturated heterocycles. The van der Waals surface area contributed by atoms with Crippen LogP contribution in [0, 0.1) is 6.92 Å². The molecule has 2 N–H and O–H groups in total. The predicted molar refractivity (Wildman–Crippen MR) is 102 cm³/mol. The Labute approximate surface area is 156 Å². The van der Waals surface area contributed by atoms with E-state index in [1.165, 1.54) is 12.4 Å². The van der Waals surface area contributed by atoms with Crippen molar-refractivity contribution in [1.82, 2.24) is 9.97 Å². The lowest BCUT2D eigenvalue weighted by Crippen LogP contribution is -2.14. The Bertz CT molecular complexity index is 929. The maximum atomic E-state index is 12.3. The van der Waals surface area contributed by atoms with Gasteiger partial charge >= 0.3 is 0 Å². The number of ether oxygens (including phenoxy) is 1. The van der Waals surface area contributed by atoms with Crippen molar-refractivity contribution in [2.24, 2.45) is 0 Å². The Kier molecular flexibility index (Phi) is 5.34. The van der Waals surface area contributed by atoms with Gasteiger partial charge in [0.2, 0.25) is 0 Å². The van der Waals surface area contributed by atoms with E-state index in [4.69, 9.17) is 16.3 Å². The summed E-state index contributed by atoms with van der Waals surface area (Å²) in [6, 6.07) is 12.7. The van der Waals surface area contributed by atoms with Gasteiger partial charge in [-0.15, -0.1) is 0 Å². The molecular weight excluding hydrogens is 352 g/mol. The van der Waals surface area contributed by atoms with Crippen molar-refractivity contribution in [3.63, 3.8) is 0 Å². The second-order valence-corrected chi connectivity index (χ2v) is 5.97. The van der Waals surface area contributed by atoms with Gasteiger partial charge in [-0.25, -0.2) is 9.97 Å². The van der Waals surface area contributed by atoms with E-state index in [-0.39, 0.29) is 11.6 Å². The summed E-state index contributed by atoms with van der Waals surface area (Å²) < 4.78 is 5.18. The number of rotatable bonds is 5. The van der Waals surface area contributed by atoms with E-state index >= 15 is 0 Å². The van der Waals surface area contributed by atoms with Gasteiger partial charge in [-0.1, -0.05) is 23.7 Å². The van der Waals surface area contributed by atoms with Crippen molar-refractivity contribution in [1.29, 1.82) is 0 Å². The molecule has 3 aromatic rings. The zero-order chi connectivity index (χ0) is 18.5. The molecule has 1 amide bonds. The Morgan fingerprint density at radius 3 is 2.62 bits per heavy atom. The largest absolute Gasteiger partial charge is 0.497 e. The summed E-state index contributed by atoms with van der Waals surface area (Å²) in [4.78, 5) is 20.6. The van der Waals surface area contributed by atoms with Crippen LogP contribution in [0.3, 0.4) is 0 Å². The molecule has 0 unspecified atom stereocenters. The van der Waals surface area contributed by atoms with E-state index in [1.54, 1.807) is 19.2 Å². The van der Waals surface area contributed by atoms with Gasteiger partial charge in [0.25, 0.3) is 5.91 Å². The summed E-state index contributed by atoms with van der Waals surface area (Å²) in [5, 5.41) is 6.44. The van der Waals surface area contributed by atoms with Crippen LogP contribution in [0.1, 0.15) is 16.1 Å². The van der Waals surface area contributed by atoms with Crippen molar-refractivity contribution < 1.29 is 9.53 Å². The summed E-state index contributed by atoms with van der Waals surface area (Å²) in [7, 11) is 1.60. The van der Waals surface area contributed by atoms with Crippen LogP contribution in [-0.2, 0) is 0 Å². The molecule has 1 heterocycles. The Morgan fingerprint density at radius 2 is 1.92 bits per heavy atom. The minimum Gasteiger partial charge on any atom is -0.497 e. The van der Waals surface area contributed by atoms with Crippen LogP contribution in [-0.4, -0.2) is 23.0 Å². The first-order chi connectivity index (χ1) is 12.5. The fourth-order valence-corrected chi connectivity index (χ4v) is 2.40. The Morgan fingerprint density at radius 1 is 1.08 bits per heavy atom. The van der Waals surface area contributed by atoms with E-state index in [2.05, 4.69) is 20.6 Å². The monoisotopic (exact) mass is 368 g/mol. The van der Waals surface area contributed by atoms with Crippen LogP contribution < -0.4 is 15.4 Å². The van der Waals surface area contributed by atoms with Gasteiger partial charge in [0.05, 0.1) is 19.5 Å². The van der Waals surface area contributed by atoms with Crippen LogP contribution in [0.5, 0.6) is 5.75 Å². The highest BCUT2D eigenvalue weighted by Gasteiger charge is 2.09. The number of hydrogen-bond donors (Lipinski definition) is 2. The topological polar surface area (TPSA) is 76.1 Å². The lowest BCUT2D eigenvalue weighted by Gasteiger charge is -2.08. The first-order valence-corrected chi connectivity index (χ1v) is 8.23. The first-order valence-electron chi connectivity index (χ1n) is 7.86. The van der Waals surface area contributed by atoms with E-state index in [1.807, 2.05) is 37.3 Å². The molecule has 7 heteroatoms. The lowest BCUT2D eigenvalue weighted by molar-refractivity contribution is 0.102. The van der Waals surface area contributed by atoms with Gasteiger partial charge in [0.15, 0.2) is 0 Å². The first kappa shape index (κ1) is 17.7. The van der Waals surface area contributed by atoms with Crippen LogP contribution in [0.25, 0.3) is 0 Å². The zero-order valence-electron chi connectivity index (χ0n) is 14.3. The fourth-order valence-electron chi connectivity index (χ4n) is 2.22. The molecule has 0 radical (unpaired) electrons. The number of hydrogen-bond acceptors (Lipinski definition) is 5. The smallest absolute Gasteiger partial charge is 0.275 e. The third-order valence-electron chi connectivity index (χ3n) is 3.66. The van der Waals surface area contributed by atoms with Gasteiger partial charge in [0.1, 0.15) is 17.3 Å². The van der Waals surface area contributed by atoms with Crippen molar-refractivity contribution in [2.45, 2.75) is 6.92 Å². The average molecular weight is 369 g/mol. The normalized spacial score (nSPS) is 10.3.